The molecule has 0 fully saturated rings. The predicted octanol–water partition coefficient (Wildman–Crippen LogP) is 4.82. The van der Waals surface area contributed by atoms with Crippen LogP contribution < -0.4 is 5.32 Å². The van der Waals surface area contributed by atoms with Gasteiger partial charge in [0.2, 0.25) is 0 Å². The number of hydrogen-bond donors (Lipinski definition) is 1. The van der Waals surface area contributed by atoms with E-state index in [1.165, 1.54) is 18.2 Å². The highest BCUT2D eigenvalue weighted by atomic mass is 35.5. The van der Waals surface area contributed by atoms with E-state index in [-0.39, 0.29) is 16.5 Å². The Kier molecular flexibility index (Phi) is 5.98. The van der Waals surface area contributed by atoms with E-state index in [1.54, 1.807) is 36.6 Å². The number of ether oxygens (including phenoxy) is 1. The molecule has 0 aliphatic rings. The van der Waals surface area contributed by atoms with Crippen molar-refractivity contribution in [3.8, 4) is 5.69 Å². The zero-order valence-corrected chi connectivity index (χ0v) is 16.4. The molecule has 0 saturated heterocycles. The minimum atomic E-state index is -0.674. The minimum absolute atomic E-state index is 0.0347. The van der Waals surface area contributed by atoms with Crippen LogP contribution in [0.25, 0.3) is 5.69 Å². The van der Waals surface area contributed by atoms with Crippen LogP contribution in [-0.2, 0) is 9.53 Å². The summed E-state index contributed by atoms with van der Waals surface area (Å²) in [5, 5.41) is 2.49. The van der Waals surface area contributed by atoms with Crippen molar-refractivity contribution in [3.05, 3.63) is 82.1 Å². The van der Waals surface area contributed by atoms with Gasteiger partial charge in [-0.2, -0.15) is 0 Å². The summed E-state index contributed by atoms with van der Waals surface area (Å²) in [6, 6.07) is 11.0. The molecule has 1 aromatic heterocycles. The van der Waals surface area contributed by atoms with Gasteiger partial charge in [0.25, 0.3) is 5.91 Å². The predicted molar refractivity (Wildman–Crippen MR) is 106 cm³/mol. The van der Waals surface area contributed by atoms with E-state index in [0.29, 0.717) is 16.9 Å². The monoisotopic (exact) mass is 418 g/mol. The maximum absolute atomic E-state index is 13.2. The highest BCUT2D eigenvalue weighted by Gasteiger charge is 2.19. The number of halogens is 3. The molecule has 1 heterocycles. The number of benzene rings is 2. The van der Waals surface area contributed by atoms with Crippen molar-refractivity contribution in [3.63, 3.8) is 0 Å². The summed E-state index contributed by atoms with van der Waals surface area (Å²) in [6.07, 6.45) is 0. The number of aryl methyl sites for hydroxylation is 1. The Morgan fingerprint density at radius 3 is 2.34 bits per heavy atom. The molecule has 0 aliphatic heterocycles. The second-order valence-corrected chi connectivity index (χ2v) is 6.75. The topological polar surface area (TPSA) is 60.3 Å². The van der Waals surface area contributed by atoms with Gasteiger partial charge in [0.05, 0.1) is 16.3 Å². The molecule has 0 saturated carbocycles. The van der Waals surface area contributed by atoms with Gasteiger partial charge >= 0.3 is 5.97 Å². The van der Waals surface area contributed by atoms with Gasteiger partial charge in [-0.25, -0.2) is 13.6 Å². The van der Waals surface area contributed by atoms with Crippen LogP contribution in [0.15, 0.2) is 48.5 Å². The van der Waals surface area contributed by atoms with E-state index in [9.17, 15) is 18.4 Å². The zero-order valence-electron chi connectivity index (χ0n) is 15.6. The number of amides is 1. The van der Waals surface area contributed by atoms with Gasteiger partial charge in [0.15, 0.2) is 6.61 Å². The Hall–Kier alpha value is -3.19. The van der Waals surface area contributed by atoms with Crippen LogP contribution in [-0.4, -0.2) is 23.1 Å². The summed E-state index contributed by atoms with van der Waals surface area (Å²) in [4.78, 5) is 24.4. The molecule has 29 heavy (non-hydrogen) atoms. The maximum Gasteiger partial charge on any atom is 0.340 e. The molecule has 0 bridgehead atoms. The average molecular weight is 419 g/mol. The first-order valence-corrected chi connectivity index (χ1v) is 9.01. The standard InChI is InChI=1S/C21H17ClF2N2O3/c1-12-9-17(13(2)26(12)16-6-3-14(23)4-7-16)21(28)29-11-20(27)25-19-8-5-15(24)10-18(19)22/h3-10H,11H2,1-2H3,(H,25,27). The molecule has 3 aromatic rings. The Morgan fingerprint density at radius 1 is 1.03 bits per heavy atom. The molecule has 1 N–H and O–H groups in total. The minimum Gasteiger partial charge on any atom is -0.452 e. The molecule has 0 atom stereocenters. The lowest BCUT2D eigenvalue weighted by Crippen LogP contribution is -2.21. The molecular formula is C21H17ClF2N2O3. The van der Waals surface area contributed by atoms with E-state index in [2.05, 4.69) is 5.32 Å². The molecule has 1 amide bonds. The quantitative estimate of drug-likeness (QED) is 0.604. The Labute approximate surface area is 170 Å². The SMILES string of the molecule is Cc1cc(C(=O)OCC(=O)Nc2ccc(F)cc2Cl)c(C)n1-c1ccc(F)cc1. The Morgan fingerprint density at radius 2 is 1.69 bits per heavy atom. The van der Waals surface area contributed by atoms with E-state index in [0.717, 1.165) is 17.8 Å². The molecule has 2 aromatic carbocycles. The number of esters is 1. The first-order valence-electron chi connectivity index (χ1n) is 8.63. The van der Waals surface area contributed by atoms with Crippen molar-refractivity contribution in [1.82, 2.24) is 4.57 Å². The van der Waals surface area contributed by atoms with Crippen molar-refractivity contribution < 1.29 is 23.1 Å². The molecule has 3 rings (SSSR count). The summed E-state index contributed by atoms with van der Waals surface area (Å²) < 4.78 is 33.1. The number of carbonyl (C=O) groups excluding carboxylic acids is 2. The molecular weight excluding hydrogens is 402 g/mol. The third-order valence-electron chi connectivity index (χ3n) is 4.28. The first-order chi connectivity index (χ1) is 13.8. The van der Waals surface area contributed by atoms with Gasteiger partial charge in [-0.05, 0) is 62.4 Å². The van der Waals surface area contributed by atoms with Crippen LogP contribution in [0.5, 0.6) is 0 Å². The van der Waals surface area contributed by atoms with Crippen molar-refractivity contribution in [2.75, 3.05) is 11.9 Å². The third kappa shape index (κ3) is 4.63. The van der Waals surface area contributed by atoms with Gasteiger partial charge in [-0.1, -0.05) is 11.6 Å². The fraction of sp³-hybridized carbons (Fsp3) is 0.143. The van der Waals surface area contributed by atoms with Crippen LogP contribution in [0.4, 0.5) is 14.5 Å². The number of nitrogens with zero attached hydrogens (tertiary/aromatic N) is 1. The highest BCUT2D eigenvalue weighted by Crippen LogP contribution is 2.23. The Balaban J connectivity index is 1.69. The van der Waals surface area contributed by atoms with Crippen molar-refractivity contribution in [2.45, 2.75) is 13.8 Å². The average Bonchev–Trinajstić information content (AvgIpc) is 2.97. The summed E-state index contributed by atoms with van der Waals surface area (Å²) in [6.45, 7) is 2.99. The lowest BCUT2D eigenvalue weighted by molar-refractivity contribution is -0.119. The van der Waals surface area contributed by atoms with E-state index in [1.807, 2.05) is 0 Å². The van der Waals surface area contributed by atoms with Crippen LogP contribution in [0, 0.1) is 25.5 Å². The number of nitrogens with one attached hydrogen (secondary N) is 1. The third-order valence-corrected chi connectivity index (χ3v) is 4.59. The van der Waals surface area contributed by atoms with Crippen LogP contribution >= 0.6 is 11.6 Å². The van der Waals surface area contributed by atoms with Crippen molar-refractivity contribution in [2.24, 2.45) is 0 Å². The van der Waals surface area contributed by atoms with Crippen LogP contribution in [0.3, 0.4) is 0 Å². The van der Waals surface area contributed by atoms with Gasteiger partial charge in [0.1, 0.15) is 11.6 Å². The summed E-state index contributed by atoms with van der Waals surface area (Å²) >= 11 is 5.85. The van der Waals surface area contributed by atoms with Gasteiger partial charge < -0.3 is 14.6 Å². The second-order valence-electron chi connectivity index (χ2n) is 6.35. The highest BCUT2D eigenvalue weighted by molar-refractivity contribution is 6.33. The molecule has 0 aliphatic carbocycles. The number of rotatable bonds is 5. The summed E-state index contributed by atoms with van der Waals surface area (Å²) in [5.74, 6) is -2.18. The van der Waals surface area contributed by atoms with Crippen LogP contribution in [0.2, 0.25) is 5.02 Å². The first kappa shape index (κ1) is 20.5. The maximum atomic E-state index is 13.2. The van der Waals surface area contributed by atoms with E-state index >= 15 is 0 Å². The van der Waals surface area contributed by atoms with Crippen molar-refractivity contribution >= 4 is 29.2 Å². The molecule has 5 nitrogen and oxygen atoms in total. The normalized spacial score (nSPS) is 10.7. The number of aromatic nitrogens is 1. The largest absolute Gasteiger partial charge is 0.452 e. The van der Waals surface area contributed by atoms with Crippen molar-refractivity contribution in [1.29, 1.82) is 0 Å². The number of anilines is 1. The molecule has 8 heteroatoms. The van der Waals surface area contributed by atoms with E-state index < -0.39 is 24.3 Å². The Bertz CT molecular complexity index is 1080. The van der Waals surface area contributed by atoms with Gasteiger partial charge in [-0.15, -0.1) is 0 Å². The van der Waals surface area contributed by atoms with Gasteiger partial charge in [0, 0.05) is 17.1 Å². The van der Waals surface area contributed by atoms with Crippen LogP contribution in [0.1, 0.15) is 21.7 Å². The molecule has 150 valence electrons. The second kappa shape index (κ2) is 8.45. The summed E-state index contributed by atoms with van der Waals surface area (Å²) in [7, 11) is 0. The molecule has 0 spiro atoms. The lowest BCUT2D eigenvalue weighted by atomic mass is 10.2. The summed E-state index contributed by atoms with van der Waals surface area (Å²) in [5.41, 5.74) is 2.55. The molecule has 0 unspecified atom stereocenters. The number of hydrogen-bond acceptors (Lipinski definition) is 3. The lowest BCUT2D eigenvalue weighted by Gasteiger charge is -2.10. The number of carbonyl (C=O) groups is 2. The molecule has 0 radical (unpaired) electrons. The fourth-order valence-corrected chi connectivity index (χ4v) is 3.16. The fourth-order valence-electron chi connectivity index (χ4n) is 2.94. The van der Waals surface area contributed by atoms with Gasteiger partial charge in [-0.3, -0.25) is 4.79 Å². The van der Waals surface area contributed by atoms with E-state index in [4.69, 9.17) is 16.3 Å². The zero-order chi connectivity index (χ0) is 21.1. The smallest absolute Gasteiger partial charge is 0.340 e.